The number of amides is 2. The van der Waals surface area contributed by atoms with Crippen LogP contribution >= 0.6 is 11.6 Å². The van der Waals surface area contributed by atoms with Crippen LogP contribution in [-0.4, -0.2) is 110 Å². The number of hydrogen-bond donors (Lipinski definition) is 1. The van der Waals surface area contributed by atoms with Crippen LogP contribution in [0.5, 0.6) is 5.75 Å². The van der Waals surface area contributed by atoms with Crippen LogP contribution in [0.2, 0.25) is 23.2 Å². The van der Waals surface area contributed by atoms with Gasteiger partial charge in [0.05, 0.1) is 53.9 Å². The average molecular weight is 759 g/mol. The van der Waals surface area contributed by atoms with Gasteiger partial charge in [-0.2, -0.15) is 0 Å². The molecule has 286 valence electrons. The van der Waals surface area contributed by atoms with Crippen molar-refractivity contribution in [3.8, 4) is 28.4 Å². The number of anilines is 1. The highest BCUT2D eigenvalue weighted by molar-refractivity contribution is 6.74. The molecule has 1 aromatic carbocycles. The van der Waals surface area contributed by atoms with Crippen LogP contribution < -0.4 is 10.1 Å². The lowest BCUT2D eigenvalue weighted by molar-refractivity contribution is -0.125. The minimum Gasteiger partial charge on any atom is -0.491 e. The van der Waals surface area contributed by atoms with Crippen molar-refractivity contribution in [3.05, 3.63) is 40.2 Å². The maximum atomic E-state index is 12.9. The molecule has 0 radical (unpaired) electrons. The lowest BCUT2D eigenvalue weighted by Crippen LogP contribution is -2.49. The zero-order valence-corrected chi connectivity index (χ0v) is 34.4. The standard InChI is InChI=1S/C37H55ClN6O7Si/c1-23-32(31-24(2)42-50-25(31)3)40-34(41-33(23)39-18-26-20-47-16-15-44(26)22-45)29-17-27(13-14-30(29)38)48-21-28(51-52(11,12)37(7,8)9)19-43(10)35(46)49-36(4,5)6/h13-14,17,22,26,28H,15-16,18-21H2,1-12H3,(H,39,40,41)/t26?,28-/m1/s1. The largest absolute Gasteiger partial charge is 0.491 e. The van der Waals surface area contributed by atoms with Gasteiger partial charge in [-0.3, -0.25) is 4.79 Å². The maximum Gasteiger partial charge on any atom is 0.410 e. The molecule has 0 aliphatic carbocycles. The van der Waals surface area contributed by atoms with Crippen LogP contribution in [0.25, 0.3) is 22.6 Å². The molecule has 3 aromatic rings. The Hall–Kier alpha value is -3.72. The molecular weight excluding hydrogens is 704 g/mol. The van der Waals surface area contributed by atoms with Gasteiger partial charge in [-0.1, -0.05) is 37.5 Å². The summed E-state index contributed by atoms with van der Waals surface area (Å²) >= 11 is 6.83. The molecule has 0 spiro atoms. The number of aromatic nitrogens is 3. The molecule has 1 unspecified atom stereocenters. The van der Waals surface area contributed by atoms with Gasteiger partial charge in [0.2, 0.25) is 6.41 Å². The monoisotopic (exact) mass is 758 g/mol. The first-order valence-electron chi connectivity index (χ1n) is 17.6. The fourth-order valence-electron chi connectivity index (χ4n) is 5.46. The predicted molar refractivity (Wildman–Crippen MR) is 204 cm³/mol. The van der Waals surface area contributed by atoms with E-state index < -0.39 is 26.1 Å². The van der Waals surface area contributed by atoms with Crippen LogP contribution in [-0.2, 0) is 18.7 Å². The van der Waals surface area contributed by atoms with Crippen LogP contribution in [0.3, 0.4) is 0 Å². The molecule has 1 N–H and O–H groups in total. The topological polar surface area (TPSA) is 141 Å². The highest BCUT2D eigenvalue weighted by atomic mass is 35.5. The number of rotatable bonds is 13. The van der Waals surface area contributed by atoms with Crippen molar-refractivity contribution in [2.24, 2.45) is 0 Å². The highest BCUT2D eigenvalue weighted by Crippen LogP contribution is 2.38. The third-order valence-corrected chi connectivity index (χ3v) is 14.3. The molecule has 15 heteroatoms. The minimum absolute atomic E-state index is 0.0633. The van der Waals surface area contributed by atoms with E-state index in [0.717, 1.165) is 17.5 Å². The van der Waals surface area contributed by atoms with E-state index in [4.69, 9.17) is 44.7 Å². The maximum absolute atomic E-state index is 12.9. The Balaban J connectivity index is 1.67. The van der Waals surface area contributed by atoms with Crippen LogP contribution in [0.1, 0.15) is 58.6 Å². The van der Waals surface area contributed by atoms with E-state index in [-0.39, 0.29) is 24.2 Å². The first kappa shape index (κ1) is 41.0. The summed E-state index contributed by atoms with van der Waals surface area (Å²) in [5.41, 5.74) is 2.82. The summed E-state index contributed by atoms with van der Waals surface area (Å²) in [7, 11) is -0.559. The highest BCUT2D eigenvalue weighted by Gasteiger charge is 2.40. The molecule has 2 atom stereocenters. The van der Waals surface area contributed by atoms with E-state index in [9.17, 15) is 9.59 Å². The second-order valence-corrected chi connectivity index (χ2v) is 21.0. The molecule has 2 aromatic heterocycles. The van der Waals surface area contributed by atoms with Gasteiger partial charge in [0.25, 0.3) is 0 Å². The Bertz CT molecular complexity index is 1700. The number of benzene rings is 1. The SMILES string of the molecule is Cc1noc(C)c1-c1nc(-c2cc(OC[C@@H](CN(C)C(=O)OC(C)(C)C)O[Si](C)(C)C(C)(C)C)ccc2Cl)nc(NCC2COCCN2C=O)c1C. The number of nitrogens with one attached hydrogen (secondary N) is 1. The van der Waals surface area contributed by atoms with Crippen LogP contribution in [0, 0.1) is 20.8 Å². The molecule has 13 nitrogen and oxygen atoms in total. The quantitative estimate of drug-likeness (QED) is 0.139. The fraction of sp³-hybridized carbons (Fsp3) is 0.595. The van der Waals surface area contributed by atoms with E-state index in [0.29, 0.717) is 71.4 Å². The average Bonchev–Trinajstić information content (AvgIpc) is 3.39. The lowest BCUT2D eigenvalue weighted by Gasteiger charge is -2.40. The van der Waals surface area contributed by atoms with Gasteiger partial charge in [-0.15, -0.1) is 0 Å². The van der Waals surface area contributed by atoms with Crippen molar-refractivity contribution in [2.75, 3.05) is 51.8 Å². The van der Waals surface area contributed by atoms with Gasteiger partial charge < -0.3 is 38.3 Å². The first-order chi connectivity index (χ1) is 24.2. The van der Waals surface area contributed by atoms with Gasteiger partial charge in [-0.05, 0) is 77.9 Å². The van der Waals surface area contributed by atoms with Crippen molar-refractivity contribution in [1.82, 2.24) is 24.9 Å². The van der Waals surface area contributed by atoms with E-state index >= 15 is 0 Å². The normalized spacial score (nSPS) is 16.0. The number of aryl methyl sites for hydroxylation is 2. The summed E-state index contributed by atoms with van der Waals surface area (Å²) < 4.78 is 29.9. The molecule has 3 heterocycles. The molecule has 52 heavy (non-hydrogen) atoms. The second kappa shape index (κ2) is 16.5. The molecule has 0 saturated carbocycles. The summed E-state index contributed by atoms with van der Waals surface area (Å²) in [5, 5.41) is 7.96. The summed E-state index contributed by atoms with van der Waals surface area (Å²) in [6.45, 7) is 24.3. The van der Waals surface area contributed by atoms with Gasteiger partial charge in [0.1, 0.15) is 29.5 Å². The van der Waals surface area contributed by atoms with Crippen molar-refractivity contribution >= 4 is 38.2 Å². The molecular formula is C37H55ClN6O7Si. The van der Waals surface area contributed by atoms with Crippen molar-refractivity contribution in [2.45, 2.75) is 98.2 Å². The number of hydrogen-bond acceptors (Lipinski definition) is 11. The molecule has 1 aliphatic rings. The second-order valence-electron chi connectivity index (χ2n) is 15.8. The number of nitrogens with zero attached hydrogens (tertiary/aromatic N) is 5. The molecule has 2 amide bonds. The van der Waals surface area contributed by atoms with E-state index in [1.54, 1.807) is 30.1 Å². The molecule has 1 aliphatic heterocycles. The van der Waals surface area contributed by atoms with Crippen molar-refractivity contribution in [1.29, 1.82) is 0 Å². The number of halogens is 1. The number of carbonyl (C=O) groups excluding carboxylic acids is 2. The fourth-order valence-corrected chi connectivity index (χ4v) is 6.99. The van der Waals surface area contributed by atoms with E-state index in [1.165, 1.54) is 4.90 Å². The smallest absolute Gasteiger partial charge is 0.410 e. The number of likely N-dealkylation sites (N-methyl/N-ethyl adjacent to an activating group) is 1. The number of carbonyl (C=O) groups is 2. The summed E-state index contributed by atoms with van der Waals surface area (Å²) in [6, 6.07) is 5.17. The van der Waals surface area contributed by atoms with Gasteiger partial charge in [-0.25, -0.2) is 14.8 Å². The Labute approximate surface area is 313 Å². The molecule has 4 rings (SSSR count). The van der Waals surface area contributed by atoms with Gasteiger partial charge in [0.15, 0.2) is 14.1 Å². The summed E-state index contributed by atoms with van der Waals surface area (Å²) in [6.07, 6.45) is -0.0228. The lowest BCUT2D eigenvalue weighted by atomic mass is 10.0. The number of morpholine rings is 1. The third-order valence-electron chi connectivity index (χ3n) is 9.39. The summed E-state index contributed by atoms with van der Waals surface area (Å²) in [4.78, 5) is 37.8. The molecule has 1 fully saturated rings. The first-order valence-corrected chi connectivity index (χ1v) is 20.9. The number of ether oxygens (including phenoxy) is 3. The van der Waals surface area contributed by atoms with Crippen molar-refractivity contribution < 1.29 is 32.7 Å². The van der Waals surface area contributed by atoms with Crippen molar-refractivity contribution in [3.63, 3.8) is 0 Å². The Morgan fingerprint density at radius 3 is 2.50 bits per heavy atom. The molecule has 1 saturated heterocycles. The Morgan fingerprint density at radius 2 is 1.88 bits per heavy atom. The third kappa shape index (κ3) is 10.2. The Morgan fingerprint density at radius 1 is 1.17 bits per heavy atom. The Kier molecular flexibility index (Phi) is 13.0. The zero-order valence-electron chi connectivity index (χ0n) is 32.7. The minimum atomic E-state index is -2.26. The van der Waals surface area contributed by atoms with Gasteiger partial charge >= 0.3 is 6.09 Å². The van der Waals surface area contributed by atoms with Crippen LogP contribution in [0.4, 0.5) is 10.6 Å². The van der Waals surface area contributed by atoms with Gasteiger partial charge in [0, 0.05) is 31.3 Å². The molecule has 0 bridgehead atoms. The summed E-state index contributed by atoms with van der Waals surface area (Å²) in [5.74, 6) is 2.09. The van der Waals surface area contributed by atoms with Crippen LogP contribution in [0.15, 0.2) is 22.7 Å². The predicted octanol–water partition coefficient (Wildman–Crippen LogP) is 7.28. The zero-order chi connectivity index (χ0) is 38.6. The van der Waals surface area contributed by atoms with E-state index in [1.807, 2.05) is 41.5 Å². The van der Waals surface area contributed by atoms with E-state index in [2.05, 4.69) is 44.3 Å².